The number of hydrogen-bond acceptors (Lipinski definition) is 4. The highest BCUT2D eigenvalue weighted by Crippen LogP contribution is 2.26. The molecular formula is C16H17NO5. The van der Waals surface area contributed by atoms with Crippen LogP contribution in [0.15, 0.2) is 28.7 Å². The zero-order valence-electron chi connectivity index (χ0n) is 12.2. The number of likely N-dealkylation sites (tertiary alicyclic amines) is 1. The zero-order valence-corrected chi connectivity index (χ0v) is 12.2. The fourth-order valence-corrected chi connectivity index (χ4v) is 2.72. The number of carboxylic acid groups (broad SMARTS) is 1. The molecule has 0 spiro atoms. The molecule has 0 bridgehead atoms. The molecule has 0 saturated carbocycles. The van der Waals surface area contributed by atoms with Gasteiger partial charge in [0, 0.05) is 31.3 Å². The first-order valence-electron chi connectivity index (χ1n) is 7.14. The van der Waals surface area contributed by atoms with Crippen molar-refractivity contribution >= 4 is 22.8 Å². The average molecular weight is 303 g/mol. The van der Waals surface area contributed by atoms with Crippen LogP contribution in [0.2, 0.25) is 0 Å². The first-order chi connectivity index (χ1) is 10.4. The standard InChI is InChI=1S/C16H17NO5/c1-10-2-3-12-11(8-10)9-13(22-12)14(18)17-6-4-16(21,5-7-17)15(19)20/h2-3,8-9,21H,4-7H2,1H3,(H,19,20). The van der Waals surface area contributed by atoms with Crippen LogP contribution in [0, 0.1) is 6.92 Å². The van der Waals surface area contributed by atoms with Crippen molar-refractivity contribution in [3.05, 3.63) is 35.6 Å². The van der Waals surface area contributed by atoms with Crippen molar-refractivity contribution in [3.63, 3.8) is 0 Å². The highest BCUT2D eigenvalue weighted by atomic mass is 16.4. The van der Waals surface area contributed by atoms with Crippen molar-refractivity contribution in [2.75, 3.05) is 13.1 Å². The smallest absolute Gasteiger partial charge is 0.335 e. The Morgan fingerprint density at radius 3 is 2.55 bits per heavy atom. The van der Waals surface area contributed by atoms with Crippen LogP contribution in [0.25, 0.3) is 11.0 Å². The number of aliphatic hydroxyl groups is 1. The van der Waals surface area contributed by atoms with Crippen LogP contribution in [-0.4, -0.2) is 45.7 Å². The number of hydrogen-bond donors (Lipinski definition) is 2. The van der Waals surface area contributed by atoms with E-state index in [-0.39, 0.29) is 37.6 Å². The number of fused-ring (bicyclic) bond motifs is 1. The normalized spacial score (nSPS) is 17.6. The quantitative estimate of drug-likeness (QED) is 0.882. The SMILES string of the molecule is Cc1ccc2oc(C(=O)N3CCC(O)(C(=O)O)CC3)cc2c1. The summed E-state index contributed by atoms with van der Waals surface area (Å²) in [4.78, 5) is 25.0. The second-order valence-corrected chi connectivity index (χ2v) is 5.78. The first-order valence-corrected chi connectivity index (χ1v) is 7.14. The lowest BCUT2D eigenvalue weighted by molar-refractivity contribution is -0.162. The van der Waals surface area contributed by atoms with E-state index in [4.69, 9.17) is 9.52 Å². The van der Waals surface area contributed by atoms with E-state index in [1.807, 2.05) is 25.1 Å². The molecule has 3 rings (SSSR count). The zero-order chi connectivity index (χ0) is 15.9. The van der Waals surface area contributed by atoms with Crippen molar-refractivity contribution in [1.29, 1.82) is 0 Å². The van der Waals surface area contributed by atoms with Crippen molar-refractivity contribution in [3.8, 4) is 0 Å². The van der Waals surface area contributed by atoms with Gasteiger partial charge in [-0.15, -0.1) is 0 Å². The van der Waals surface area contributed by atoms with E-state index in [1.54, 1.807) is 6.07 Å². The number of benzene rings is 1. The molecule has 0 unspecified atom stereocenters. The molecule has 22 heavy (non-hydrogen) atoms. The summed E-state index contributed by atoms with van der Waals surface area (Å²) in [5, 5.41) is 19.8. The first kappa shape index (κ1) is 14.6. The van der Waals surface area contributed by atoms with E-state index in [0.717, 1.165) is 10.9 Å². The Kier molecular flexibility index (Phi) is 3.41. The summed E-state index contributed by atoms with van der Waals surface area (Å²) in [6.45, 7) is 2.35. The fraction of sp³-hybridized carbons (Fsp3) is 0.375. The third kappa shape index (κ3) is 2.46. The molecule has 6 nitrogen and oxygen atoms in total. The van der Waals surface area contributed by atoms with E-state index in [2.05, 4.69) is 0 Å². The molecule has 116 valence electrons. The summed E-state index contributed by atoms with van der Waals surface area (Å²) >= 11 is 0. The summed E-state index contributed by atoms with van der Waals surface area (Å²) < 4.78 is 5.57. The Hall–Kier alpha value is -2.34. The Bertz CT molecular complexity index is 740. The molecule has 0 radical (unpaired) electrons. The molecule has 1 aromatic heterocycles. The van der Waals surface area contributed by atoms with Crippen molar-refractivity contribution in [1.82, 2.24) is 4.90 Å². The van der Waals surface area contributed by atoms with Crippen LogP contribution < -0.4 is 0 Å². The monoisotopic (exact) mass is 303 g/mol. The molecule has 2 N–H and O–H groups in total. The minimum atomic E-state index is -1.73. The molecule has 1 saturated heterocycles. The Labute approximate surface area is 126 Å². The van der Waals surface area contributed by atoms with E-state index in [0.29, 0.717) is 5.58 Å². The lowest BCUT2D eigenvalue weighted by atomic mass is 9.91. The Morgan fingerprint density at radius 2 is 1.91 bits per heavy atom. The fourth-order valence-electron chi connectivity index (χ4n) is 2.72. The maximum absolute atomic E-state index is 12.4. The summed E-state index contributed by atoms with van der Waals surface area (Å²) in [5.41, 5.74) is -0.00769. The van der Waals surface area contributed by atoms with Gasteiger partial charge in [0.1, 0.15) is 5.58 Å². The van der Waals surface area contributed by atoms with Gasteiger partial charge >= 0.3 is 5.97 Å². The van der Waals surface area contributed by atoms with Crippen LogP contribution in [0.1, 0.15) is 29.0 Å². The van der Waals surface area contributed by atoms with Gasteiger partial charge in [-0.3, -0.25) is 4.79 Å². The molecule has 1 aliphatic rings. The molecule has 6 heteroatoms. The number of furan rings is 1. The van der Waals surface area contributed by atoms with E-state index >= 15 is 0 Å². The van der Waals surface area contributed by atoms with E-state index in [1.165, 1.54) is 4.90 Å². The minimum Gasteiger partial charge on any atom is -0.479 e. The van der Waals surface area contributed by atoms with Gasteiger partial charge < -0.3 is 19.5 Å². The molecule has 1 aliphatic heterocycles. The van der Waals surface area contributed by atoms with Gasteiger partial charge in [0.25, 0.3) is 5.91 Å². The molecule has 0 atom stereocenters. The summed E-state index contributed by atoms with van der Waals surface area (Å²) in [6, 6.07) is 7.37. The highest BCUT2D eigenvalue weighted by Gasteiger charge is 2.40. The van der Waals surface area contributed by atoms with Gasteiger partial charge in [-0.2, -0.15) is 0 Å². The van der Waals surface area contributed by atoms with Crippen LogP contribution in [0.3, 0.4) is 0 Å². The topological polar surface area (TPSA) is 91.0 Å². The highest BCUT2D eigenvalue weighted by molar-refractivity contribution is 5.96. The third-order valence-corrected chi connectivity index (χ3v) is 4.16. The van der Waals surface area contributed by atoms with Crippen LogP contribution in [0.4, 0.5) is 0 Å². The number of carboxylic acids is 1. The van der Waals surface area contributed by atoms with Gasteiger partial charge in [-0.25, -0.2) is 4.79 Å². The number of aryl methyl sites for hydroxylation is 1. The van der Waals surface area contributed by atoms with E-state index < -0.39 is 11.6 Å². The summed E-state index contributed by atoms with van der Waals surface area (Å²) in [5.74, 6) is -1.28. The molecule has 1 aromatic carbocycles. The summed E-state index contributed by atoms with van der Waals surface area (Å²) in [6.07, 6.45) is 0.0425. The maximum Gasteiger partial charge on any atom is 0.335 e. The van der Waals surface area contributed by atoms with Gasteiger partial charge in [0.2, 0.25) is 0 Å². The Morgan fingerprint density at radius 1 is 1.23 bits per heavy atom. The van der Waals surface area contributed by atoms with Gasteiger partial charge in [0.15, 0.2) is 11.4 Å². The molecule has 1 amide bonds. The predicted octanol–water partition coefficient (Wildman–Crippen LogP) is 1.79. The second-order valence-electron chi connectivity index (χ2n) is 5.78. The molecule has 0 aliphatic carbocycles. The molecule has 2 aromatic rings. The van der Waals surface area contributed by atoms with Crippen molar-refractivity contribution in [2.45, 2.75) is 25.4 Å². The van der Waals surface area contributed by atoms with Gasteiger partial charge in [-0.05, 0) is 25.1 Å². The average Bonchev–Trinajstić information content (AvgIpc) is 2.90. The Balaban J connectivity index is 1.78. The van der Waals surface area contributed by atoms with Crippen LogP contribution in [0.5, 0.6) is 0 Å². The van der Waals surface area contributed by atoms with Crippen molar-refractivity contribution < 1.29 is 24.2 Å². The number of nitrogens with zero attached hydrogens (tertiary/aromatic N) is 1. The number of piperidine rings is 1. The third-order valence-electron chi connectivity index (χ3n) is 4.16. The second kappa shape index (κ2) is 5.14. The van der Waals surface area contributed by atoms with Crippen molar-refractivity contribution in [2.24, 2.45) is 0 Å². The number of amides is 1. The predicted molar refractivity (Wildman–Crippen MR) is 78.7 cm³/mol. The van der Waals surface area contributed by atoms with Gasteiger partial charge in [0.05, 0.1) is 0 Å². The largest absolute Gasteiger partial charge is 0.479 e. The molecular weight excluding hydrogens is 286 g/mol. The summed E-state index contributed by atoms with van der Waals surface area (Å²) in [7, 11) is 0. The number of aliphatic carboxylic acids is 1. The van der Waals surface area contributed by atoms with Gasteiger partial charge in [-0.1, -0.05) is 11.6 Å². The number of rotatable bonds is 2. The lowest BCUT2D eigenvalue weighted by Gasteiger charge is -2.34. The molecule has 2 heterocycles. The number of carbonyl (C=O) groups excluding carboxylic acids is 1. The van der Waals surface area contributed by atoms with Crippen LogP contribution in [-0.2, 0) is 4.79 Å². The number of carbonyl (C=O) groups is 2. The van der Waals surface area contributed by atoms with Crippen LogP contribution >= 0.6 is 0 Å². The maximum atomic E-state index is 12.4. The minimum absolute atomic E-state index is 0.0212. The lowest BCUT2D eigenvalue weighted by Crippen LogP contribution is -2.50. The molecule has 1 fully saturated rings. The van der Waals surface area contributed by atoms with E-state index in [9.17, 15) is 14.7 Å².